The number of piperidine rings is 1. The van der Waals surface area contributed by atoms with E-state index in [1.807, 2.05) is 4.90 Å². The Morgan fingerprint density at radius 1 is 1.27 bits per heavy atom. The minimum absolute atomic E-state index is 0.0359. The van der Waals surface area contributed by atoms with E-state index in [1.165, 1.54) is 6.07 Å². The largest absolute Gasteiger partial charge is 0.417 e. The molecule has 2 aliphatic heterocycles. The van der Waals surface area contributed by atoms with Gasteiger partial charge in [-0.25, -0.2) is 4.98 Å². The van der Waals surface area contributed by atoms with Crippen molar-refractivity contribution >= 4 is 11.7 Å². The van der Waals surface area contributed by atoms with Gasteiger partial charge in [0.2, 0.25) is 5.91 Å². The average Bonchev–Trinajstić information content (AvgIpc) is 3.11. The van der Waals surface area contributed by atoms with Crippen molar-refractivity contribution in [3.8, 4) is 0 Å². The molecule has 1 aromatic rings. The van der Waals surface area contributed by atoms with Crippen LogP contribution in [0.2, 0.25) is 0 Å². The van der Waals surface area contributed by atoms with E-state index in [1.54, 1.807) is 0 Å². The number of pyridine rings is 1. The molecule has 1 amide bonds. The van der Waals surface area contributed by atoms with Gasteiger partial charge in [0.1, 0.15) is 11.9 Å². The van der Waals surface area contributed by atoms with Crippen LogP contribution in [0, 0.1) is 0 Å². The molecule has 0 bridgehead atoms. The number of ether oxygens (including phenoxy) is 1. The number of hydrogen-bond donors (Lipinski definition) is 2. The number of alkyl halides is 3. The number of amides is 1. The van der Waals surface area contributed by atoms with Crippen molar-refractivity contribution in [1.82, 2.24) is 10.3 Å². The van der Waals surface area contributed by atoms with Gasteiger partial charge < -0.3 is 20.7 Å². The molecule has 9 heteroatoms. The molecule has 26 heavy (non-hydrogen) atoms. The fourth-order valence-corrected chi connectivity index (χ4v) is 3.36. The third-order valence-corrected chi connectivity index (χ3v) is 4.90. The normalized spacial score (nSPS) is 24.7. The van der Waals surface area contributed by atoms with Crippen LogP contribution in [0.25, 0.3) is 0 Å². The number of anilines is 1. The number of hydrogen-bond acceptors (Lipinski definition) is 5. The summed E-state index contributed by atoms with van der Waals surface area (Å²) in [5.74, 6) is 0.416. The van der Waals surface area contributed by atoms with E-state index in [-0.39, 0.29) is 18.1 Å². The summed E-state index contributed by atoms with van der Waals surface area (Å²) < 4.78 is 43.4. The Balaban J connectivity index is 1.47. The Hall–Kier alpha value is -1.87. The van der Waals surface area contributed by atoms with E-state index < -0.39 is 17.8 Å². The average molecular weight is 372 g/mol. The lowest BCUT2D eigenvalue weighted by molar-refractivity contribution is -0.137. The number of nitrogens with one attached hydrogen (secondary N) is 1. The molecular formula is C17H23F3N4O2. The summed E-state index contributed by atoms with van der Waals surface area (Å²) in [4.78, 5) is 18.1. The molecule has 6 nitrogen and oxygen atoms in total. The van der Waals surface area contributed by atoms with Gasteiger partial charge in [-0.1, -0.05) is 0 Å². The van der Waals surface area contributed by atoms with Gasteiger partial charge in [0.15, 0.2) is 0 Å². The van der Waals surface area contributed by atoms with Crippen LogP contribution in [-0.2, 0) is 15.7 Å². The van der Waals surface area contributed by atoms with E-state index in [2.05, 4.69) is 10.3 Å². The maximum absolute atomic E-state index is 12.6. The molecule has 1 aromatic heterocycles. The topological polar surface area (TPSA) is 80.5 Å². The van der Waals surface area contributed by atoms with Gasteiger partial charge in [0, 0.05) is 31.9 Å². The second kappa shape index (κ2) is 7.79. The molecule has 2 saturated heterocycles. The third-order valence-electron chi connectivity index (χ3n) is 4.90. The molecule has 2 aliphatic rings. The summed E-state index contributed by atoms with van der Waals surface area (Å²) >= 11 is 0. The highest BCUT2D eigenvalue weighted by Gasteiger charge is 2.33. The minimum Gasteiger partial charge on any atom is -0.364 e. The lowest BCUT2D eigenvalue weighted by Gasteiger charge is -2.33. The predicted molar refractivity (Wildman–Crippen MR) is 89.6 cm³/mol. The van der Waals surface area contributed by atoms with Gasteiger partial charge in [-0.15, -0.1) is 0 Å². The number of rotatable bonds is 4. The SMILES string of the molecule is NC[C@H]1CC[C@@H](C(=O)NC2CCN(c3ccc(C(F)(F)F)cn3)CC2)O1. The number of halogens is 3. The molecule has 0 saturated carbocycles. The van der Waals surface area contributed by atoms with Crippen molar-refractivity contribution in [2.75, 3.05) is 24.5 Å². The maximum atomic E-state index is 12.6. The predicted octanol–water partition coefficient (Wildman–Crippen LogP) is 1.69. The van der Waals surface area contributed by atoms with Gasteiger partial charge in [-0.3, -0.25) is 4.79 Å². The van der Waals surface area contributed by atoms with Crippen LogP contribution >= 0.6 is 0 Å². The molecule has 0 spiro atoms. The van der Waals surface area contributed by atoms with Gasteiger partial charge in [-0.2, -0.15) is 13.2 Å². The van der Waals surface area contributed by atoms with E-state index in [9.17, 15) is 18.0 Å². The molecule has 0 unspecified atom stereocenters. The molecule has 0 aromatic carbocycles. The molecule has 2 fully saturated rings. The number of nitrogens with two attached hydrogens (primary N) is 1. The summed E-state index contributed by atoms with van der Waals surface area (Å²) in [5, 5.41) is 3.01. The standard InChI is InChI=1S/C17H23F3N4O2/c18-17(19,20)11-1-4-15(22-10-11)24-7-5-12(6-8-24)23-16(25)14-3-2-13(9-21)26-14/h1,4,10,12-14H,2-3,5-9,21H2,(H,23,25)/t13-,14+/m1/s1. The first-order chi connectivity index (χ1) is 12.4. The van der Waals surface area contributed by atoms with Gasteiger partial charge in [0.25, 0.3) is 0 Å². The van der Waals surface area contributed by atoms with E-state index in [0.29, 0.717) is 44.7 Å². The summed E-state index contributed by atoms with van der Waals surface area (Å²) in [6, 6.07) is 2.47. The number of carbonyl (C=O) groups is 1. The van der Waals surface area contributed by atoms with Gasteiger partial charge in [-0.05, 0) is 37.8 Å². The monoisotopic (exact) mass is 372 g/mol. The Labute approximate surface area is 149 Å². The smallest absolute Gasteiger partial charge is 0.364 e. The number of aromatic nitrogens is 1. The summed E-state index contributed by atoms with van der Waals surface area (Å²) in [6.45, 7) is 1.67. The lowest BCUT2D eigenvalue weighted by atomic mass is 10.0. The van der Waals surface area contributed by atoms with Crippen LogP contribution < -0.4 is 16.0 Å². The summed E-state index contributed by atoms with van der Waals surface area (Å²) in [6.07, 6.45) is -1.10. The molecule has 3 rings (SSSR count). The molecule has 2 atom stereocenters. The second-order valence-corrected chi connectivity index (χ2v) is 6.73. The van der Waals surface area contributed by atoms with Gasteiger partial charge in [0.05, 0.1) is 11.7 Å². The highest BCUT2D eigenvalue weighted by molar-refractivity contribution is 5.81. The first-order valence-electron chi connectivity index (χ1n) is 8.81. The zero-order chi connectivity index (χ0) is 18.7. The number of nitrogens with zero attached hydrogens (tertiary/aromatic N) is 2. The fraction of sp³-hybridized carbons (Fsp3) is 0.647. The molecule has 0 radical (unpaired) electrons. The third kappa shape index (κ3) is 4.45. The zero-order valence-corrected chi connectivity index (χ0v) is 14.3. The van der Waals surface area contributed by atoms with E-state index >= 15 is 0 Å². The molecule has 0 aliphatic carbocycles. The number of carbonyl (C=O) groups excluding carboxylic acids is 1. The highest BCUT2D eigenvalue weighted by Crippen LogP contribution is 2.30. The molecule has 3 N–H and O–H groups in total. The van der Waals surface area contributed by atoms with Crippen LogP contribution in [0.15, 0.2) is 18.3 Å². The van der Waals surface area contributed by atoms with Crippen molar-refractivity contribution < 1.29 is 22.7 Å². The zero-order valence-electron chi connectivity index (χ0n) is 14.3. The Morgan fingerprint density at radius 3 is 2.54 bits per heavy atom. The van der Waals surface area contributed by atoms with Crippen LogP contribution in [0.5, 0.6) is 0 Å². The fourth-order valence-electron chi connectivity index (χ4n) is 3.36. The Bertz CT molecular complexity index is 615. The van der Waals surface area contributed by atoms with Crippen molar-refractivity contribution in [2.24, 2.45) is 5.73 Å². The van der Waals surface area contributed by atoms with E-state index in [4.69, 9.17) is 10.5 Å². The van der Waals surface area contributed by atoms with Crippen molar-refractivity contribution in [1.29, 1.82) is 0 Å². The first kappa shape index (κ1) is 18.9. The highest BCUT2D eigenvalue weighted by atomic mass is 19.4. The van der Waals surface area contributed by atoms with Gasteiger partial charge >= 0.3 is 6.18 Å². The first-order valence-corrected chi connectivity index (χ1v) is 8.81. The van der Waals surface area contributed by atoms with E-state index in [0.717, 1.165) is 18.7 Å². The van der Waals surface area contributed by atoms with Crippen molar-refractivity contribution in [3.05, 3.63) is 23.9 Å². The van der Waals surface area contributed by atoms with Crippen molar-refractivity contribution in [2.45, 2.75) is 50.1 Å². The van der Waals surface area contributed by atoms with Crippen LogP contribution in [0.3, 0.4) is 0 Å². The molecular weight excluding hydrogens is 349 g/mol. The quantitative estimate of drug-likeness (QED) is 0.841. The van der Waals surface area contributed by atoms with Crippen LogP contribution in [0.1, 0.15) is 31.2 Å². The molecule has 3 heterocycles. The summed E-state index contributed by atoms with van der Waals surface area (Å²) in [5.41, 5.74) is 4.80. The van der Waals surface area contributed by atoms with Crippen molar-refractivity contribution in [3.63, 3.8) is 0 Å². The lowest BCUT2D eigenvalue weighted by Crippen LogP contribution is -2.47. The second-order valence-electron chi connectivity index (χ2n) is 6.73. The summed E-state index contributed by atoms with van der Waals surface area (Å²) in [7, 11) is 0. The minimum atomic E-state index is -4.38. The Kier molecular flexibility index (Phi) is 5.67. The molecule has 144 valence electrons. The maximum Gasteiger partial charge on any atom is 0.417 e. The van der Waals surface area contributed by atoms with Crippen LogP contribution in [0.4, 0.5) is 19.0 Å². The Morgan fingerprint density at radius 2 is 2.00 bits per heavy atom. The van der Waals surface area contributed by atoms with Crippen LogP contribution in [-0.4, -0.2) is 48.8 Å².